The number of pyridine rings is 1. The second kappa shape index (κ2) is 6.52. The van der Waals surface area contributed by atoms with E-state index in [4.69, 9.17) is 0 Å². The van der Waals surface area contributed by atoms with Crippen LogP contribution in [-0.2, 0) is 6.42 Å². The monoisotopic (exact) mass is 323 g/mol. The molecule has 2 N–H and O–H groups in total. The van der Waals surface area contributed by atoms with E-state index in [1.165, 1.54) is 6.42 Å². The van der Waals surface area contributed by atoms with Crippen molar-refractivity contribution < 1.29 is 4.79 Å². The van der Waals surface area contributed by atoms with Crippen LogP contribution in [0.5, 0.6) is 0 Å². The predicted octanol–water partition coefficient (Wildman–Crippen LogP) is 2.92. The van der Waals surface area contributed by atoms with Gasteiger partial charge in [0.05, 0.1) is 16.8 Å². The van der Waals surface area contributed by atoms with Gasteiger partial charge in [-0.2, -0.15) is 0 Å². The van der Waals surface area contributed by atoms with E-state index in [2.05, 4.69) is 22.5 Å². The SMILES string of the molecule is CCc1nc2ccccc2cc1C(=O)NC1CC(C2CCNC2)C1. The molecule has 2 aliphatic rings. The van der Waals surface area contributed by atoms with Crippen LogP contribution in [0.25, 0.3) is 10.9 Å². The standard InChI is InChI=1S/C20H25N3O/c1-2-18-17(11-13-5-3-4-6-19(13)23-18)20(24)22-16-9-15(10-16)14-7-8-21-12-14/h3-6,11,14-16,21H,2,7-10,12H2,1H3,(H,22,24). The molecule has 1 aromatic carbocycles. The van der Waals surface area contributed by atoms with Gasteiger partial charge in [0.1, 0.15) is 0 Å². The predicted molar refractivity (Wildman–Crippen MR) is 96.1 cm³/mol. The lowest BCUT2D eigenvalue weighted by Crippen LogP contribution is -2.47. The van der Waals surface area contributed by atoms with Gasteiger partial charge < -0.3 is 10.6 Å². The molecule has 0 spiro atoms. The van der Waals surface area contributed by atoms with Gasteiger partial charge in [0.25, 0.3) is 5.91 Å². The number of carbonyl (C=O) groups excluding carboxylic acids is 1. The Morgan fingerprint density at radius 1 is 1.29 bits per heavy atom. The highest BCUT2D eigenvalue weighted by Gasteiger charge is 2.37. The zero-order valence-electron chi connectivity index (χ0n) is 14.2. The Balaban J connectivity index is 1.45. The Morgan fingerprint density at radius 2 is 2.12 bits per heavy atom. The quantitative estimate of drug-likeness (QED) is 0.909. The van der Waals surface area contributed by atoms with E-state index in [0.29, 0.717) is 6.04 Å². The maximum absolute atomic E-state index is 12.7. The average Bonchev–Trinajstić information content (AvgIpc) is 3.10. The van der Waals surface area contributed by atoms with E-state index in [0.717, 1.165) is 66.3 Å². The Bertz CT molecular complexity index is 746. The first-order valence-corrected chi connectivity index (χ1v) is 9.15. The van der Waals surface area contributed by atoms with Crippen LogP contribution < -0.4 is 10.6 Å². The van der Waals surface area contributed by atoms with Crippen molar-refractivity contribution in [2.24, 2.45) is 11.8 Å². The fourth-order valence-electron chi connectivity index (χ4n) is 4.13. The molecule has 1 saturated heterocycles. The molecule has 0 radical (unpaired) electrons. The second-order valence-corrected chi connectivity index (χ2v) is 7.18. The minimum Gasteiger partial charge on any atom is -0.349 e. The highest BCUT2D eigenvalue weighted by Crippen LogP contribution is 2.36. The van der Waals surface area contributed by atoms with Gasteiger partial charge >= 0.3 is 0 Å². The maximum atomic E-state index is 12.7. The molecule has 1 atom stereocenters. The summed E-state index contributed by atoms with van der Waals surface area (Å²) in [4.78, 5) is 17.4. The topological polar surface area (TPSA) is 54.0 Å². The third kappa shape index (κ3) is 2.91. The molecule has 2 aromatic rings. The van der Waals surface area contributed by atoms with Crippen molar-refractivity contribution >= 4 is 16.8 Å². The van der Waals surface area contributed by atoms with Crippen LogP contribution in [-0.4, -0.2) is 30.0 Å². The van der Waals surface area contributed by atoms with Gasteiger partial charge in [-0.3, -0.25) is 9.78 Å². The first-order chi connectivity index (χ1) is 11.7. The molecule has 24 heavy (non-hydrogen) atoms. The van der Waals surface area contributed by atoms with Crippen LogP contribution >= 0.6 is 0 Å². The minimum atomic E-state index is 0.0399. The minimum absolute atomic E-state index is 0.0399. The van der Waals surface area contributed by atoms with Gasteiger partial charge in [-0.15, -0.1) is 0 Å². The summed E-state index contributed by atoms with van der Waals surface area (Å²) in [5, 5.41) is 7.70. The van der Waals surface area contributed by atoms with Crippen LogP contribution in [0.2, 0.25) is 0 Å². The van der Waals surface area contributed by atoms with Crippen LogP contribution in [0, 0.1) is 11.8 Å². The first kappa shape index (κ1) is 15.6. The molecule has 4 heteroatoms. The molecule has 4 rings (SSSR count). The summed E-state index contributed by atoms with van der Waals surface area (Å²) in [5.41, 5.74) is 2.59. The Labute approximate surface area is 143 Å². The Morgan fingerprint density at radius 3 is 2.88 bits per heavy atom. The van der Waals surface area contributed by atoms with Crippen LogP contribution in [0.15, 0.2) is 30.3 Å². The first-order valence-electron chi connectivity index (χ1n) is 9.15. The summed E-state index contributed by atoms with van der Waals surface area (Å²) < 4.78 is 0. The number of hydrogen-bond donors (Lipinski definition) is 2. The molecule has 1 aliphatic carbocycles. The summed E-state index contributed by atoms with van der Waals surface area (Å²) >= 11 is 0. The summed E-state index contributed by atoms with van der Waals surface area (Å²) in [7, 11) is 0. The number of nitrogens with zero attached hydrogens (tertiary/aromatic N) is 1. The van der Waals surface area contributed by atoms with Gasteiger partial charge in [0.2, 0.25) is 0 Å². The van der Waals surface area contributed by atoms with Crippen molar-refractivity contribution in [1.82, 2.24) is 15.6 Å². The van der Waals surface area contributed by atoms with E-state index >= 15 is 0 Å². The number of hydrogen-bond acceptors (Lipinski definition) is 3. The van der Waals surface area contributed by atoms with Crippen LogP contribution in [0.3, 0.4) is 0 Å². The molecule has 126 valence electrons. The van der Waals surface area contributed by atoms with Gasteiger partial charge in [0.15, 0.2) is 0 Å². The summed E-state index contributed by atoms with van der Waals surface area (Å²) in [6, 6.07) is 10.3. The zero-order chi connectivity index (χ0) is 16.5. The molecule has 0 bridgehead atoms. The van der Waals surface area contributed by atoms with E-state index < -0.39 is 0 Å². The molecule has 4 nitrogen and oxygen atoms in total. The lowest BCUT2D eigenvalue weighted by molar-refractivity contribution is 0.0855. The smallest absolute Gasteiger partial charge is 0.253 e. The van der Waals surface area contributed by atoms with Gasteiger partial charge in [0, 0.05) is 11.4 Å². The number of fused-ring (bicyclic) bond motifs is 1. The third-order valence-electron chi connectivity index (χ3n) is 5.66. The van der Waals surface area contributed by atoms with Gasteiger partial charge in [-0.05, 0) is 62.7 Å². The second-order valence-electron chi connectivity index (χ2n) is 7.18. The Hall–Kier alpha value is -1.94. The van der Waals surface area contributed by atoms with Crippen molar-refractivity contribution in [3.63, 3.8) is 0 Å². The number of rotatable bonds is 4. The molecule has 1 amide bonds. The molecule has 1 aromatic heterocycles. The number of benzene rings is 1. The molecular formula is C20H25N3O. The number of aryl methyl sites for hydroxylation is 1. The van der Waals surface area contributed by atoms with Crippen molar-refractivity contribution in [2.45, 2.75) is 38.6 Å². The van der Waals surface area contributed by atoms with E-state index in [1.54, 1.807) is 0 Å². The zero-order valence-corrected chi connectivity index (χ0v) is 14.2. The summed E-state index contributed by atoms with van der Waals surface area (Å²) in [5.74, 6) is 1.63. The fourth-order valence-corrected chi connectivity index (χ4v) is 4.13. The van der Waals surface area contributed by atoms with Crippen molar-refractivity contribution in [3.8, 4) is 0 Å². The molecule has 2 fully saturated rings. The average molecular weight is 323 g/mol. The third-order valence-corrected chi connectivity index (χ3v) is 5.66. The number of nitrogens with one attached hydrogen (secondary N) is 2. The van der Waals surface area contributed by atoms with Crippen molar-refractivity contribution in [2.75, 3.05) is 13.1 Å². The maximum Gasteiger partial charge on any atom is 0.253 e. The van der Waals surface area contributed by atoms with E-state index in [-0.39, 0.29) is 5.91 Å². The van der Waals surface area contributed by atoms with Crippen LogP contribution in [0.4, 0.5) is 0 Å². The lowest BCUT2D eigenvalue weighted by atomic mass is 9.72. The molecule has 1 unspecified atom stereocenters. The number of aromatic nitrogens is 1. The van der Waals surface area contributed by atoms with Gasteiger partial charge in [-0.25, -0.2) is 0 Å². The Kier molecular flexibility index (Phi) is 4.23. The molecular weight excluding hydrogens is 298 g/mol. The van der Waals surface area contributed by atoms with Crippen molar-refractivity contribution in [3.05, 3.63) is 41.6 Å². The van der Waals surface area contributed by atoms with E-state index in [9.17, 15) is 4.79 Å². The van der Waals surface area contributed by atoms with E-state index in [1.807, 2.05) is 30.3 Å². The van der Waals surface area contributed by atoms with Crippen LogP contribution in [0.1, 0.15) is 42.2 Å². The lowest BCUT2D eigenvalue weighted by Gasteiger charge is -2.39. The number of para-hydroxylation sites is 1. The summed E-state index contributed by atoms with van der Waals surface area (Å²) in [6.45, 7) is 4.36. The van der Waals surface area contributed by atoms with Crippen molar-refractivity contribution in [1.29, 1.82) is 0 Å². The molecule has 2 heterocycles. The fraction of sp³-hybridized carbons (Fsp3) is 0.500. The molecule has 1 aliphatic heterocycles. The normalized spacial score (nSPS) is 26.3. The molecule has 1 saturated carbocycles. The highest BCUT2D eigenvalue weighted by atomic mass is 16.1. The number of carbonyl (C=O) groups is 1. The summed E-state index contributed by atoms with van der Waals surface area (Å²) in [6.07, 6.45) is 4.32. The largest absolute Gasteiger partial charge is 0.349 e. The van der Waals surface area contributed by atoms with Gasteiger partial charge in [-0.1, -0.05) is 25.1 Å². The number of amides is 1. The highest BCUT2D eigenvalue weighted by molar-refractivity contribution is 5.98.